The van der Waals surface area contributed by atoms with E-state index < -0.39 is 6.29 Å². The Kier molecular flexibility index (Phi) is 7.73. The summed E-state index contributed by atoms with van der Waals surface area (Å²) in [6.07, 6.45) is -1.16. The smallest absolute Gasteiger partial charge is 0.827 e. The summed E-state index contributed by atoms with van der Waals surface area (Å²) in [6, 6.07) is 7.26. The van der Waals surface area contributed by atoms with Crippen LogP contribution in [0.5, 0.6) is 0 Å². The van der Waals surface area contributed by atoms with Crippen LogP contribution in [0.3, 0.4) is 0 Å². The van der Waals surface area contributed by atoms with E-state index in [9.17, 15) is 5.11 Å². The van der Waals surface area contributed by atoms with Crippen molar-refractivity contribution in [3.63, 3.8) is 0 Å². The normalized spacial score (nSPS) is 11.9. The van der Waals surface area contributed by atoms with Gasteiger partial charge in [-0.1, -0.05) is 29.8 Å². The largest absolute Gasteiger partial charge is 1.00 e. The number of aryl methyl sites for hydroxylation is 1. The molecule has 1 rings (SSSR count). The van der Waals surface area contributed by atoms with Crippen molar-refractivity contribution >= 4 is 0 Å². The van der Waals surface area contributed by atoms with Crippen LogP contribution in [0.1, 0.15) is 17.4 Å². The molecular formula is C9H12NO2Rb. The van der Waals surface area contributed by atoms with Gasteiger partial charge in [0.15, 0.2) is 0 Å². The predicted octanol–water partition coefficient (Wildman–Crippen LogP) is -2.71. The number of hydrogen-bond donors (Lipinski definition) is 1. The van der Waals surface area contributed by atoms with Crippen molar-refractivity contribution in [2.45, 2.75) is 13.2 Å². The topological polar surface area (TPSA) is 58.3 Å². The molecule has 0 radical (unpaired) electrons. The summed E-state index contributed by atoms with van der Waals surface area (Å²) >= 11 is 0. The van der Waals surface area contributed by atoms with Gasteiger partial charge in [0.25, 0.3) is 0 Å². The molecule has 0 aliphatic rings. The van der Waals surface area contributed by atoms with E-state index in [1.54, 1.807) is 12.1 Å². The van der Waals surface area contributed by atoms with E-state index in [4.69, 9.17) is 5.73 Å². The summed E-state index contributed by atoms with van der Waals surface area (Å²) in [6.45, 7) is 1.93. The average Bonchev–Trinajstić information content (AvgIpc) is 2.06. The molecule has 1 aromatic rings. The minimum Gasteiger partial charge on any atom is -0.827 e. The van der Waals surface area contributed by atoms with E-state index in [0.717, 1.165) is 5.56 Å². The molecule has 0 fully saturated rings. The third-order valence-electron chi connectivity index (χ3n) is 1.60. The summed E-state index contributed by atoms with van der Waals surface area (Å²) in [5.41, 5.74) is 6.81. The molecule has 3 nitrogen and oxygen atoms in total. The first-order valence-electron chi connectivity index (χ1n) is 3.78. The minimum atomic E-state index is -1.16. The van der Waals surface area contributed by atoms with Crippen LogP contribution in [-0.2, 0) is 4.74 Å². The SMILES string of the molecule is Cc1ccc(C([O-])OCN)cc1.[Rb+]. The summed E-state index contributed by atoms with van der Waals surface area (Å²) in [7, 11) is 0. The zero-order valence-corrected chi connectivity index (χ0v) is 12.9. The Balaban J connectivity index is 0.00000144. The van der Waals surface area contributed by atoms with E-state index in [0.29, 0.717) is 5.56 Å². The van der Waals surface area contributed by atoms with Gasteiger partial charge >= 0.3 is 58.2 Å². The molecule has 0 saturated heterocycles. The molecule has 0 spiro atoms. The molecule has 66 valence electrons. The quantitative estimate of drug-likeness (QED) is 0.595. The second-order valence-electron chi connectivity index (χ2n) is 2.58. The molecule has 1 unspecified atom stereocenters. The molecule has 0 saturated carbocycles. The summed E-state index contributed by atoms with van der Waals surface area (Å²) in [4.78, 5) is 0. The Morgan fingerprint density at radius 3 is 2.38 bits per heavy atom. The number of rotatable bonds is 3. The number of ether oxygens (including phenoxy) is 1. The average molecular weight is 252 g/mol. The van der Waals surface area contributed by atoms with Gasteiger partial charge in [0.2, 0.25) is 0 Å². The van der Waals surface area contributed by atoms with E-state index in [-0.39, 0.29) is 64.9 Å². The van der Waals surface area contributed by atoms with E-state index in [2.05, 4.69) is 4.74 Å². The van der Waals surface area contributed by atoms with Gasteiger partial charge in [0.1, 0.15) is 0 Å². The van der Waals surface area contributed by atoms with Crippen molar-refractivity contribution in [2.24, 2.45) is 5.73 Å². The molecule has 1 atom stereocenters. The Morgan fingerprint density at radius 2 is 1.92 bits per heavy atom. The molecule has 0 aliphatic carbocycles. The van der Waals surface area contributed by atoms with Gasteiger partial charge < -0.3 is 15.6 Å². The summed E-state index contributed by atoms with van der Waals surface area (Å²) in [5.74, 6) is 0. The van der Waals surface area contributed by atoms with Crippen LogP contribution in [0.2, 0.25) is 0 Å². The molecule has 0 heterocycles. The Hall–Kier alpha value is 0.905. The third kappa shape index (κ3) is 4.79. The van der Waals surface area contributed by atoms with Crippen molar-refractivity contribution in [2.75, 3.05) is 6.73 Å². The van der Waals surface area contributed by atoms with Gasteiger partial charge in [-0.05, 0) is 12.5 Å². The van der Waals surface area contributed by atoms with Crippen LogP contribution < -0.4 is 69.0 Å². The van der Waals surface area contributed by atoms with E-state index >= 15 is 0 Å². The fourth-order valence-corrected chi connectivity index (χ4v) is 0.907. The first kappa shape index (κ1) is 13.9. The Labute approximate surface area is 127 Å². The van der Waals surface area contributed by atoms with Crippen LogP contribution in [0.15, 0.2) is 24.3 Å². The monoisotopic (exact) mass is 251 g/mol. The molecule has 4 heteroatoms. The number of benzene rings is 1. The second-order valence-corrected chi connectivity index (χ2v) is 2.58. The third-order valence-corrected chi connectivity index (χ3v) is 1.60. The van der Waals surface area contributed by atoms with Gasteiger partial charge in [-0.25, -0.2) is 0 Å². The maximum absolute atomic E-state index is 11.1. The predicted molar refractivity (Wildman–Crippen MR) is 44.1 cm³/mol. The van der Waals surface area contributed by atoms with Crippen LogP contribution in [0.4, 0.5) is 0 Å². The van der Waals surface area contributed by atoms with Crippen molar-refractivity contribution in [3.8, 4) is 0 Å². The first-order chi connectivity index (χ1) is 5.74. The maximum Gasteiger partial charge on any atom is 1.00 e. The van der Waals surface area contributed by atoms with E-state index in [1.165, 1.54) is 0 Å². The van der Waals surface area contributed by atoms with E-state index in [1.807, 2.05) is 19.1 Å². The van der Waals surface area contributed by atoms with Gasteiger partial charge in [-0.2, -0.15) is 0 Å². The fourth-order valence-electron chi connectivity index (χ4n) is 0.907. The van der Waals surface area contributed by atoms with Crippen molar-refractivity contribution in [1.82, 2.24) is 0 Å². The minimum absolute atomic E-state index is 0. The van der Waals surface area contributed by atoms with Crippen LogP contribution in [0.25, 0.3) is 0 Å². The molecule has 0 amide bonds. The standard InChI is InChI=1S/C9H12NO2.Rb/c1-7-2-4-8(5-3-7)9(11)12-6-10;/h2-5,9H,6,10H2,1H3;/q-1;+1. The summed E-state index contributed by atoms with van der Waals surface area (Å²) < 4.78 is 4.69. The molecule has 13 heavy (non-hydrogen) atoms. The molecule has 0 aromatic heterocycles. The van der Waals surface area contributed by atoms with Gasteiger partial charge in [0.05, 0.1) is 6.73 Å². The number of nitrogens with two attached hydrogens (primary N) is 1. The maximum atomic E-state index is 11.1. The molecule has 0 bridgehead atoms. The van der Waals surface area contributed by atoms with Crippen LogP contribution in [-0.4, -0.2) is 6.73 Å². The summed E-state index contributed by atoms with van der Waals surface area (Å²) in [5, 5.41) is 11.1. The molecular weight excluding hydrogens is 240 g/mol. The molecule has 0 aliphatic heterocycles. The Bertz CT molecular complexity index is 238. The first-order valence-corrected chi connectivity index (χ1v) is 3.78. The number of hydrogen-bond acceptors (Lipinski definition) is 3. The zero-order valence-electron chi connectivity index (χ0n) is 7.99. The zero-order chi connectivity index (χ0) is 8.97. The fraction of sp³-hybridized carbons (Fsp3) is 0.333. The molecule has 2 N–H and O–H groups in total. The van der Waals surface area contributed by atoms with Crippen molar-refractivity contribution < 1.29 is 68.0 Å². The van der Waals surface area contributed by atoms with Crippen LogP contribution in [0, 0.1) is 6.92 Å². The van der Waals surface area contributed by atoms with Gasteiger partial charge in [0, 0.05) is 6.29 Å². The Morgan fingerprint density at radius 1 is 1.38 bits per heavy atom. The van der Waals surface area contributed by atoms with Crippen molar-refractivity contribution in [1.29, 1.82) is 0 Å². The van der Waals surface area contributed by atoms with Gasteiger partial charge in [-0.15, -0.1) is 0 Å². The van der Waals surface area contributed by atoms with Crippen molar-refractivity contribution in [3.05, 3.63) is 35.4 Å². The molecule has 1 aromatic carbocycles. The van der Waals surface area contributed by atoms with Crippen LogP contribution >= 0.6 is 0 Å². The van der Waals surface area contributed by atoms with Gasteiger partial charge in [-0.3, -0.25) is 0 Å². The second kappa shape index (κ2) is 7.23.